The Kier molecular flexibility index (Phi) is 4.54. The smallest absolute Gasteiger partial charge is 0.228 e. The molecule has 0 N–H and O–H groups in total. The normalized spacial score (nSPS) is 34.2. The summed E-state index contributed by atoms with van der Waals surface area (Å²) in [6, 6.07) is 3.51. The van der Waals surface area contributed by atoms with Gasteiger partial charge in [-0.3, -0.25) is 9.59 Å². The lowest BCUT2D eigenvalue weighted by atomic mass is 9.49. The van der Waals surface area contributed by atoms with Gasteiger partial charge in [-0.15, -0.1) is 0 Å². The second kappa shape index (κ2) is 7.13. The topological polar surface area (TPSA) is 65.1 Å². The van der Waals surface area contributed by atoms with E-state index < -0.39 is 5.60 Å². The van der Waals surface area contributed by atoms with E-state index in [1.165, 1.54) is 19.3 Å². The zero-order valence-electron chi connectivity index (χ0n) is 19.2. The molecule has 6 aliphatic rings. The quantitative estimate of drug-likeness (QED) is 0.705. The number of Topliss-reactive ketones (excluding diaryl/α,β-unsaturated/α-hetero) is 1. The molecule has 32 heavy (non-hydrogen) atoms. The van der Waals surface area contributed by atoms with Crippen molar-refractivity contribution in [3.05, 3.63) is 17.7 Å². The highest BCUT2D eigenvalue weighted by atomic mass is 16.5. The zero-order valence-corrected chi connectivity index (χ0v) is 19.2. The van der Waals surface area contributed by atoms with E-state index in [1.807, 2.05) is 0 Å². The molecule has 1 aromatic carbocycles. The van der Waals surface area contributed by atoms with Gasteiger partial charge in [0, 0.05) is 38.1 Å². The fourth-order valence-corrected chi connectivity index (χ4v) is 7.95. The molecule has 1 amide bonds. The number of methoxy groups -OCH3 is 2. The maximum atomic E-state index is 13.7. The van der Waals surface area contributed by atoms with Crippen LogP contribution in [0, 0.1) is 23.2 Å². The number of ketones is 1. The molecule has 4 bridgehead atoms. The fourth-order valence-electron chi connectivity index (χ4n) is 7.95. The largest absolute Gasteiger partial charge is 0.496 e. The summed E-state index contributed by atoms with van der Waals surface area (Å²) in [6.45, 7) is 1.34. The number of fused-ring (bicyclic) bond motifs is 1. The molecule has 1 aromatic rings. The Balaban J connectivity index is 1.19. The van der Waals surface area contributed by atoms with E-state index in [2.05, 4.69) is 4.90 Å². The van der Waals surface area contributed by atoms with Crippen LogP contribution in [0.3, 0.4) is 0 Å². The van der Waals surface area contributed by atoms with E-state index in [9.17, 15) is 9.59 Å². The first-order chi connectivity index (χ1) is 15.4. The van der Waals surface area contributed by atoms with Crippen LogP contribution in [0.2, 0.25) is 0 Å². The lowest BCUT2D eigenvalue weighted by molar-refractivity contribution is -0.161. The van der Waals surface area contributed by atoms with Gasteiger partial charge in [0.15, 0.2) is 5.78 Å². The van der Waals surface area contributed by atoms with Crippen molar-refractivity contribution in [1.82, 2.24) is 4.90 Å². The summed E-state index contributed by atoms with van der Waals surface area (Å²) in [5, 5.41) is 0. The van der Waals surface area contributed by atoms with Crippen LogP contribution in [0.15, 0.2) is 12.1 Å². The number of rotatable bonds is 3. The number of ether oxygens (including phenoxy) is 3. The van der Waals surface area contributed by atoms with E-state index in [0.29, 0.717) is 61.1 Å². The molecule has 0 unspecified atom stereocenters. The molecule has 1 saturated heterocycles. The van der Waals surface area contributed by atoms with E-state index in [-0.39, 0.29) is 11.2 Å². The minimum atomic E-state index is -0.542. The molecule has 4 aliphatic carbocycles. The summed E-state index contributed by atoms with van der Waals surface area (Å²) in [7, 11) is 3.15. The average molecular weight is 440 g/mol. The lowest BCUT2D eigenvalue weighted by Gasteiger charge is -2.57. The molecule has 1 spiro atoms. The minimum absolute atomic E-state index is 0.0478. The van der Waals surface area contributed by atoms with E-state index in [0.717, 1.165) is 37.0 Å². The number of amides is 1. The fraction of sp³-hybridized carbons (Fsp3) is 0.692. The lowest BCUT2D eigenvalue weighted by Crippen LogP contribution is -2.58. The van der Waals surface area contributed by atoms with Crippen LogP contribution in [0.25, 0.3) is 0 Å². The van der Waals surface area contributed by atoms with Crippen molar-refractivity contribution in [2.75, 3.05) is 27.3 Å². The molecular weight excluding hydrogens is 406 g/mol. The SMILES string of the molecule is COc1cc(OC)c2c(c1)OC1(CCN(C(=O)C34CC5CC(CC(C5)C3)C4)CC1)CC2=O. The molecular formula is C26H33NO5. The van der Waals surface area contributed by atoms with Gasteiger partial charge in [-0.05, 0) is 56.3 Å². The standard InChI is InChI=1S/C26H33NO5/c1-30-19-10-21(31-2)23-20(28)15-26(32-22(23)11-19)3-5-27(6-4-26)24(29)25-12-16-7-17(13-25)9-18(8-16)14-25/h10-11,16-18H,3-9,12-15H2,1-2H3. The number of benzene rings is 1. The summed E-state index contributed by atoms with van der Waals surface area (Å²) in [5.41, 5.74) is -0.138. The first kappa shape index (κ1) is 20.4. The Morgan fingerprint density at radius 3 is 2.19 bits per heavy atom. The third-order valence-electron chi connectivity index (χ3n) is 9.04. The van der Waals surface area contributed by atoms with Crippen LogP contribution >= 0.6 is 0 Å². The summed E-state index contributed by atoms with van der Waals surface area (Å²) < 4.78 is 17.3. The summed E-state index contributed by atoms with van der Waals surface area (Å²) in [5.74, 6) is 4.38. The van der Waals surface area contributed by atoms with Gasteiger partial charge in [0.1, 0.15) is 28.4 Å². The van der Waals surface area contributed by atoms with Gasteiger partial charge in [0.05, 0.1) is 26.1 Å². The highest BCUT2D eigenvalue weighted by Crippen LogP contribution is 2.60. The van der Waals surface area contributed by atoms with Crippen LogP contribution in [0.5, 0.6) is 17.2 Å². The highest BCUT2D eigenvalue weighted by Gasteiger charge is 2.56. The number of carbonyl (C=O) groups excluding carboxylic acids is 2. The summed E-state index contributed by atoms with van der Waals surface area (Å²) in [4.78, 5) is 28.9. The molecule has 0 atom stereocenters. The van der Waals surface area contributed by atoms with Crippen molar-refractivity contribution >= 4 is 11.7 Å². The van der Waals surface area contributed by atoms with Crippen molar-refractivity contribution in [3.8, 4) is 17.2 Å². The first-order valence-corrected chi connectivity index (χ1v) is 12.2. The molecule has 6 heteroatoms. The van der Waals surface area contributed by atoms with Gasteiger partial charge < -0.3 is 19.1 Å². The predicted molar refractivity (Wildman–Crippen MR) is 118 cm³/mol. The number of hydrogen-bond acceptors (Lipinski definition) is 5. The first-order valence-electron chi connectivity index (χ1n) is 12.2. The number of piperidine rings is 1. The van der Waals surface area contributed by atoms with Crippen molar-refractivity contribution < 1.29 is 23.8 Å². The van der Waals surface area contributed by atoms with Gasteiger partial charge in [-0.1, -0.05) is 0 Å². The Morgan fingerprint density at radius 1 is 1.00 bits per heavy atom. The molecule has 6 nitrogen and oxygen atoms in total. The molecule has 7 rings (SSSR count). The summed E-state index contributed by atoms with van der Waals surface area (Å²) >= 11 is 0. The third kappa shape index (κ3) is 3.05. The predicted octanol–water partition coefficient (Wildman–Crippen LogP) is 4.25. The second-order valence-electron chi connectivity index (χ2n) is 11.1. The monoisotopic (exact) mass is 439 g/mol. The Morgan fingerprint density at radius 2 is 1.62 bits per heavy atom. The van der Waals surface area contributed by atoms with E-state index in [1.54, 1.807) is 26.4 Å². The summed E-state index contributed by atoms with van der Waals surface area (Å²) in [6.07, 6.45) is 9.05. The number of carbonyl (C=O) groups is 2. The molecule has 2 aliphatic heterocycles. The van der Waals surface area contributed by atoms with Gasteiger partial charge in [0.2, 0.25) is 5.91 Å². The van der Waals surface area contributed by atoms with Crippen molar-refractivity contribution in [2.24, 2.45) is 23.2 Å². The van der Waals surface area contributed by atoms with Crippen molar-refractivity contribution in [2.45, 2.75) is 63.4 Å². The van der Waals surface area contributed by atoms with Crippen LogP contribution in [0.1, 0.15) is 68.1 Å². The average Bonchev–Trinajstić information content (AvgIpc) is 2.77. The Hall–Kier alpha value is -2.24. The van der Waals surface area contributed by atoms with Crippen molar-refractivity contribution in [3.63, 3.8) is 0 Å². The second-order valence-corrected chi connectivity index (χ2v) is 11.1. The minimum Gasteiger partial charge on any atom is -0.496 e. The van der Waals surface area contributed by atoms with Crippen LogP contribution in [0.4, 0.5) is 0 Å². The molecule has 172 valence electrons. The Labute approximate surface area is 189 Å². The zero-order chi connectivity index (χ0) is 22.1. The maximum absolute atomic E-state index is 13.7. The van der Waals surface area contributed by atoms with Gasteiger partial charge >= 0.3 is 0 Å². The Bertz CT molecular complexity index is 926. The van der Waals surface area contributed by atoms with Gasteiger partial charge in [0.25, 0.3) is 0 Å². The van der Waals surface area contributed by atoms with Crippen LogP contribution < -0.4 is 14.2 Å². The van der Waals surface area contributed by atoms with E-state index >= 15 is 0 Å². The number of hydrogen-bond donors (Lipinski definition) is 0. The van der Waals surface area contributed by atoms with Gasteiger partial charge in [-0.2, -0.15) is 0 Å². The molecule has 0 radical (unpaired) electrons. The third-order valence-corrected chi connectivity index (χ3v) is 9.04. The maximum Gasteiger partial charge on any atom is 0.228 e. The van der Waals surface area contributed by atoms with Crippen LogP contribution in [-0.2, 0) is 4.79 Å². The van der Waals surface area contributed by atoms with Gasteiger partial charge in [-0.25, -0.2) is 0 Å². The molecule has 5 fully saturated rings. The molecule has 2 heterocycles. The van der Waals surface area contributed by atoms with Crippen molar-refractivity contribution in [1.29, 1.82) is 0 Å². The molecule has 0 aromatic heterocycles. The number of likely N-dealkylation sites (tertiary alicyclic amines) is 1. The molecule has 4 saturated carbocycles. The van der Waals surface area contributed by atoms with Crippen LogP contribution in [-0.4, -0.2) is 49.5 Å². The number of nitrogens with zero attached hydrogens (tertiary/aromatic N) is 1. The highest BCUT2D eigenvalue weighted by molar-refractivity contribution is 6.03. The van der Waals surface area contributed by atoms with E-state index in [4.69, 9.17) is 14.2 Å².